The Bertz CT molecular complexity index is 758. The Morgan fingerprint density at radius 2 is 2.08 bits per heavy atom. The summed E-state index contributed by atoms with van der Waals surface area (Å²) in [5.74, 6) is -0.117. The minimum absolute atomic E-state index is 0.0121. The Morgan fingerprint density at radius 3 is 2.88 bits per heavy atom. The third-order valence-corrected chi connectivity index (χ3v) is 4.90. The molecule has 1 saturated heterocycles. The Kier molecular flexibility index (Phi) is 5.17. The first-order valence-electron chi connectivity index (χ1n) is 8.72. The summed E-state index contributed by atoms with van der Waals surface area (Å²) < 4.78 is 0. The number of nitrogens with two attached hydrogens (primary N) is 1. The minimum Gasteiger partial charge on any atom is -0.358 e. The van der Waals surface area contributed by atoms with Gasteiger partial charge in [-0.3, -0.25) is 4.79 Å². The number of carbonyl (C=O) groups is 1. The highest BCUT2D eigenvalue weighted by molar-refractivity contribution is 5.84. The molecule has 1 aliphatic heterocycles. The number of aromatic amines is 1. The van der Waals surface area contributed by atoms with Gasteiger partial charge in [-0.15, -0.1) is 0 Å². The SMILES string of the molecule is N#CC1CCCN1C(=O)CN.c1ccc2c3c([nH]c2c1)CCCC3. The van der Waals surface area contributed by atoms with E-state index in [1.54, 1.807) is 10.5 Å². The van der Waals surface area contributed by atoms with Gasteiger partial charge in [-0.2, -0.15) is 5.26 Å². The first-order valence-corrected chi connectivity index (χ1v) is 8.72. The molecule has 0 radical (unpaired) electrons. The lowest BCUT2D eigenvalue weighted by Crippen LogP contribution is -2.38. The van der Waals surface area contributed by atoms with Gasteiger partial charge in [-0.05, 0) is 50.2 Å². The van der Waals surface area contributed by atoms with Crippen LogP contribution in [0, 0.1) is 11.3 Å². The molecule has 0 saturated carbocycles. The fraction of sp³-hybridized carbons (Fsp3) is 0.474. The molecule has 1 aliphatic carbocycles. The number of nitriles is 1. The quantitative estimate of drug-likeness (QED) is 0.845. The molecule has 2 aromatic rings. The van der Waals surface area contributed by atoms with Crippen LogP contribution in [-0.4, -0.2) is 34.9 Å². The fourth-order valence-electron chi connectivity index (χ4n) is 3.67. The molecule has 1 unspecified atom stereocenters. The van der Waals surface area contributed by atoms with Gasteiger partial charge in [0.15, 0.2) is 0 Å². The molecular formula is C19H24N4O. The van der Waals surface area contributed by atoms with E-state index in [0.717, 1.165) is 12.8 Å². The first-order chi connectivity index (χ1) is 11.7. The molecule has 3 N–H and O–H groups in total. The summed E-state index contributed by atoms with van der Waals surface area (Å²) in [7, 11) is 0. The number of para-hydroxylation sites is 1. The van der Waals surface area contributed by atoms with Gasteiger partial charge in [0.05, 0.1) is 12.6 Å². The molecule has 126 valence electrons. The van der Waals surface area contributed by atoms with Crippen molar-refractivity contribution in [1.82, 2.24) is 9.88 Å². The number of amides is 1. The van der Waals surface area contributed by atoms with Crippen LogP contribution in [0.25, 0.3) is 10.9 Å². The van der Waals surface area contributed by atoms with Gasteiger partial charge in [-0.25, -0.2) is 0 Å². The van der Waals surface area contributed by atoms with Crippen molar-refractivity contribution in [2.24, 2.45) is 5.73 Å². The molecule has 2 heterocycles. The lowest BCUT2D eigenvalue weighted by Gasteiger charge is -2.17. The number of benzene rings is 1. The maximum Gasteiger partial charge on any atom is 0.237 e. The minimum atomic E-state index is -0.231. The third-order valence-electron chi connectivity index (χ3n) is 4.90. The van der Waals surface area contributed by atoms with Crippen LogP contribution < -0.4 is 5.73 Å². The number of rotatable bonds is 1. The Labute approximate surface area is 142 Å². The highest BCUT2D eigenvalue weighted by Crippen LogP contribution is 2.28. The second kappa shape index (κ2) is 7.50. The summed E-state index contributed by atoms with van der Waals surface area (Å²) in [5, 5.41) is 10.0. The molecule has 5 heteroatoms. The van der Waals surface area contributed by atoms with Crippen molar-refractivity contribution < 1.29 is 4.79 Å². The molecule has 1 fully saturated rings. The predicted octanol–water partition coefficient (Wildman–Crippen LogP) is 2.51. The number of aryl methyl sites for hydroxylation is 2. The summed E-state index contributed by atoms with van der Waals surface area (Å²) in [5.41, 5.74) is 9.53. The van der Waals surface area contributed by atoms with E-state index in [9.17, 15) is 4.79 Å². The summed E-state index contributed by atoms with van der Waals surface area (Å²) in [6.45, 7) is 0.701. The molecule has 1 aromatic carbocycles. The van der Waals surface area contributed by atoms with E-state index in [-0.39, 0.29) is 18.5 Å². The van der Waals surface area contributed by atoms with Crippen LogP contribution in [0.4, 0.5) is 0 Å². The van der Waals surface area contributed by atoms with Crippen LogP contribution >= 0.6 is 0 Å². The highest BCUT2D eigenvalue weighted by atomic mass is 16.2. The monoisotopic (exact) mass is 324 g/mol. The number of hydrogen-bond acceptors (Lipinski definition) is 3. The molecule has 1 aromatic heterocycles. The number of hydrogen-bond donors (Lipinski definition) is 2. The molecule has 24 heavy (non-hydrogen) atoms. The molecule has 1 amide bonds. The maximum atomic E-state index is 11.0. The van der Waals surface area contributed by atoms with Crippen LogP contribution in [0.2, 0.25) is 0 Å². The maximum absolute atomic E-state index is 11.0. The van der Waals surface area contributed by atoms with E-state index >= 15 is 0 Å². The predicted molar refractivity (Wildman–Crippen MR) is 94.3 cm³/mol. The number of nitrogens with one attached hydrogen (secondary N) is 1. The Balaban J connectivity index is 0.000000144. The zero-order valence-corrected chi connectivity index (χ0v) is 13.9. The van der Waals surface area contributed by atoms with Crippen LogP contribution in [0.3, 0.4) is 0 Å². The van der Waals surface area contributed by atoms with Crippen molar-refractivity contribution in [2.75, 3.05) is 13.1 Å². The number of carbonyl (C=O) groups excluding carboxylic acids is 1. The van der Waals surface area contributed by atoms with E-state index in [4.69, 9.17) is 11.0 Å². The van der Waals surface area contributed by atoms with E-state index in [2.05, 4.69) is 35.3 Å². The highest BCUT2D eigenvalue weighted by Gasteiger charge is 2.27. The molecule has 2 aliphatic rings. The molecular weight excluding hydrogens is 300 g/mol. The Morgan fingerprint density at radius 1 is 1.29 bits per heavy atom. The van der Waals surface area contributed by atoms with Crippen molar-refractivity contribution in [3.63, 3.8) is 0 Å². The lowest BCUT2D eigenvalue weighted by atomic mass is 9.96. The second-order valence-corrected chi connectivity index (χ2v) is 6.41. The van der Waals surface area contributed by atoms with Crippen molar-refractivity contribution in [3.05, 3.63) is 35.5 Å². The van der Waals surface area contributed by atoms with E-state index in [1.807, 2.05) is 0 Å². The largest absolute Gasteiger partial charge is 0.358 e. The average Bonchev–Trinajstić information content (AvgIpc) is 3.25. The van der Waals surface area contributed by atoms with E-state index in [1.165, 1.54) is 42.3 Å². The molecule has 0 bridgehead atoms. The molecule has 4 rings (SSSR count). The number of H-pyrrole nitrogens is 1. The van der Waals surface area contributed by atoms with Gasteiger partial charge < -0.3 is 15.6 Å². The number of likely N-dealkylation sites (tertiary alicyclic amines) is 1. The van der Waals surface area contributed by atoms with Crippen molar-refractivity contribution in [3.8, 4) is 6.07 Å². The van der Waals surface area contributed by atoms with Gasteiger partial charge >= 0.3 is 0 Å². The van der Waals surface area contributed by atoms with Crippen molar-refractivity contribution in [2.45, 2.75) is 44.6 Å². The average molecular weight is 324 g/mol. The van der Waals surface area contributed by atoms with Crippen LogP contribution in [0.5, 0.6) is 0 Å². The van der Waals surface area contributed by atoms with Crippen LogP contribution in [-0.2, 0) is 17.6 Å². The zero-order valence-electron chi connectivity index (χ0n) is 13.9. The standard InChI is InChI=1S/C12H13N.C7H11N3O/c1-3-7-11-9(5-1)10-6-2-4-8-12(10)13-11;8-4-6-2-1-3-10(6)7(11)5-9/h1,3,5,7,13H,2,4,6,8H2;6H,1-3,5,9H2. The van der Waals surface area contributed by atoms with Gasteiger partial charge in [-0.1, -0.05) is 18.2 Å². The van der Waals surface area contributed by atoms with Gasteiger partial charge in [0.25, 0.3) is 0 Å². The normalized spacial score (nSPS) is 19.3. The van der Waals surface area contributed by atoms with Gasteiger partial charge in [0, 0.05) is 23.1 Å². The van der Waals surface area contributed by atoms with Crippen LogP contribution in [0.15, 0.2) is 24.3 Å². The van der Waals surface area contributed by atoms with Crippen molar-refractivity contribution >= 4 is 16.8 Å². The number of aromatic nitrogens is 1. The summed E-state index contributed by atoms with van der Waals surface area (Å²) in [6, 6.07) is 10.5. The van der Waals surface area contributed by atoms with E-state index in [0.29, 0.717) is 6.54 Å². The molecule has 5 nitrogen and oxygen atoms in total. The molecule has 1 atom stereocenters. The summed E-state index contributed by atoms with van der Waals surface area (Å²) in [4.78, 5) is 16.1. The fourth-order valence-corrected chi connectivity index (χ4v) is 3.67. The zero-order chi connectivity index (χ0) is 16.9. The summed E-state index contributed by atoms with van der Waals surface area (Å²) >= 11 is 0. The van der Waals surface area contributed by atoms with Gasteiger partial charge in [0.1, 0.15) is 6.04 Å². The molecule has 0 spiro atoms. The summed E-state index contributed by atoms with van der Waals surface area (Å²) in [6.07, 6.45) is 6.92. The topological polar surface area (TPSA) is 85.9 Å². The van der Waals surface area contributed by atoms with E-state index < -0.39 is 0 Å². The smallest absolute Gasteiger partial charge is 0.237 e. The van der Waals surface area contributed by atoms with Crippen LogP contribution in [0.1, 0.15) is 36.9 Å². The first kappa shape index (κ1) is 16.5. The lowest BCUT2D eigenvalue weighted by molar-refractivity contribution is -0.129. The van der Waals surface area contributed by atoms with Gasteiger partial charge in [0.2, 0.25) is 5.91 Å². The third kappa shape index (κ3) is 3.29. The number of fused-ring (bicyclic) bond motifs is 3. The van der Waals surface area contributed by atoms with Crippen molar-refractivity contribution in [1.29, 1.82) is 5.26 Å². The number of nitrogens with zero attached hydrogens (tertiary/aromatic N) is 2. The second-order valence-electron chi connectivity index (χ2n) is 6.41. The Hall–Kier alpha value is -2.32.